The lowest BCUT2D eigenvalue weighted by Crippen LogP contribution is -2.74. The van der Waals surface area contributed by atoms with Gasteiger partial charge in [0.1, 0.15) is 0 Å². The molecule has 4 nitrogen and oxygen atoms in total. The third kappa shape index (κ3) is 5.73. The van der Waals surface area contributed by atoms with Crippen molar-refractivity contribution >= 4 is 50.6 Å². The zero-order valence-electron chi connectivity index (χ0n) is 30.6. The molecule has 0 saturated carbocycles. The zero-order chi connectivity index (χ0) is 37.3. The van der Waals surface area contributed by atoms with Gasteiger partial charge in [-0.2, -0.15) is 0 Å². The average Bonchev–Trinajstić information content (AvgIpc) is 3.62. The number of nitrogens with zero attached hydrogens (tertiary/aromatic N) is 4. The van der Waals surface area contributed by atoms with Gasteiger partial charge >= 0.3 is 0 Å². The van der Waals surface area contributed by atoms with Gasteiger partial charge in [0.15, 0.2) is 25.5 Å². The highest BCUT2D eigenvalue weighted by Gasteiger charge is 2.41. The Morgan fingerprint density at radius 2 is 0.696 bits per heavy atom. The van der Waals surface area contributed by atoms with E-state index in [9.17, 15) is 0 Å². The van der Waals surface area contributed by atoms with Gasteiger partial charge in [0.05, 0.1) is 11.0 Å². The topological polar surface area (TPSA) is 43.6 Å². The van der Waals surface area contributed by atoms with Crippen molar-refractivity contribution in [3.8, 4) is 39.9 Å². The lowest BCUT2D eigenvalue weighted by Gasteiger charge is -2.34. The van der Waals surface area contributed by atoms with Crippen LogP contribution in [0.4, 0.5) is 0 Å². The van der Waals surface area contributed by atoms with Crippen LogP contribution in [0.3, 0.4) is 0 Å². The van der Waals surface area contributed by atoms with E-state index in [1.807, 2.05) is 60.7 Å². The van der Waals surface area contributed by atoms with E-state index in [0.717, 1.165) is 22.4 Å². The highest BCUT2D eigenvalue weighted by atomic mass is 28.3. The number of hydrogen-bond acceptors (Lipinski definition) is 3. The maximum absolute atomic E-state index is 5.04. The van der Waals surface area contributed by atoms with Crippen LogP contribution in [0, 0.1) is 0 Å². The van der Waals surface area contributed by atoms with E-state index in [-0.39, 0.29) is 0 Å². The summed E-state index contributed by atoms with van der Waals surface area (Å²) in [4.78, 5) is 15.0. The smallest absolute Gasteiger partial charge is 0.179 e. The quantitative estimate of drug-likeness (QED) is 0.116. The molecule has 0 aliphatic carbocycles. The molecule has 56 heavy (non-hydrogen) atoms. The summed E-state index contributed by atoms with van der Waals surface area (Å²) in [5, 5.41) is 7.74. The van der Waals surface area contributed by atoms with Crippen molar-refractivity contribution in [3.63, 3.8) is 0 Å². The fourth-order valence-corrected chi connectivity index (χ4v) is 13.0. The number of para-hydroxylation sites is 2. The molecule has 2 heterocycles. The second kappa shape index (κ2) is 14.2. The third-order valence-electron chi connectivity index (χ3n) is 10.8. The van der Waals surface area contributed by atoms with Crippen molar-refractivity contribution in [2.75, 3.05) is 0 Å². The number of hydrogen-bond donors (Lipinski definition) is 0. The molecule has 10 aromatic rings. The predicted molar refractivity (Wildman–Crippen MR) is 234 cm³/mol. The minimum Gasteiger partial charge on any atom is -0.309 e. The van der Waals surface area contributed by atoms with Crippen molar-refractivity contribution in [2.45, 2.75) is 0 Å². The normalized spacial score (nSPS) is 11.6. The molecule has 8 aromatic carbocycles. The lowest BCUT2D eigenvalue weighted by atomic mass is 10.1. The molecule has 0 radical (unpaired) electrons. The molecule has 2 aromatic heterocycles. The summed E-state index contributed by atoms with van der Waals surface area (Å²) in [6, 6.07) is 78.1. The van der Waals surface area contributed by atoms with Crippen molar-refractivity contribution < 1.29 is 0 Å². The maximum atomic E-state index is 5.04. The number of aromatic nitrogens is 4. The van der Waals surface area contributed by atoms with E-state index in [1.54, 1.807) is 0 Å². The Morgan fingerprint density at radius 1 is 0.304 bits per heavy atom. The Bertz CT molecular complexity index is 2830. The molecule has 0 atom stereocenters. The molecular weight excluding hydrogens is 697 g/mol. The van der Waals surface area contributed by atoms with Gasteiger partial charge in [-0.15, -0.1) is 0 Å². The summed E-state index contributed by atoms with van der Waals surface area (Å²) in [6.07, 6.45) is 0. The molecule has 0 saturated heterocycles. The van der Waals surface area contributed by atoms with Gasteiger partial charge in [0, 0.05) is 33.2 Å². The van der Waals surface area contributed by atoms with Gasteiger partial charge in [-0.3, -0.25) is 0 Å². The van der Waals surface area contributed by atoms with Crippen molar-refractivity contribution in [1.29, 1.82) is 0 Å². The summed E-state index contributed by atoms with van der Waals surface area (Å²) in [7, 11) is -2.89. The van der Waals surface area contributed by atoms with E-state index in [0.29, 0.717) is 17.5 Å². The van der Waals surface area contributed by atoms with Gasteiger partial charge in [-0.25, -0.2) is 15.0 Å². The van der Waals surface area contributed by atoms with Gasteiger partial charge in [-0.1, -0.05) is 194 Å². The van der Waals surface area contributed by atoms with Gasteiger partial charge in [0.25, 0.3) is 0 Å². The Balaban J connectivity index is 1.19. The van der Waals surface area contributed by atoms with Crippen molar-refractivity contribution in [1.82, 2.24) is 19.5 Å². The fourth-order valence-electron chi connectivity index (χ4n) is 8.24. The molecule has 0 aliphatic rings. The summed E-state index contributed by atoms with van der Waals surface area (Å²) in [6.45, 7) is 0. The molecule has 0 spiro atoms. The number of fused-ring (bicyclic) bond motifs is 3. The van der Waals surface area contributed by atoms with Crippen LogP contribution in [0.15, 0.2) is 218 Å². The van der Waals surface area contributed by atoms with Crippen molar-refractivity contribution in [3.05, 3.63) is 218 Å². The summed E-state index contributed by atoms with van der Waals surface area (Å²) < 4.78 is 2.39. The van der Waals surface area contributed by atoms with Crippen LogP contribution < -0.4 is 20.7 Å². The van der Waals surface area contributed by atoms with Crippen LogP contribution in [0.5, 0.6) is 0 Å². The highest BCUT2D eigenvalue weighted by Crippen LogP contribution is 2.32. The average molecular weight is 733 g/mol. The van der Waals surface area contributed by atoms with E-state index in [1.165, 1.54) is 42.6 Å². The summed E-state index contributed by atoms with van der Waals surface area (Å²) >= 11 is 0. The molecule has 0 bridgehead atoms. The molecule has 0 aliphatic heterocycles. The first-order chi connectivity index (χ1) is 27.8. The number of benzene rings is 8. The molecule has 10 rings (SSSR count). The van der Waals surface area contributed by atoms with E-state index < -0.39 is 8.07 Å². The minimum atomic E-state index is -2.89. The van der Waals surface area contributed by atoms with Gasteiger partial charge in [0.2, 0.25) is 0 Å². The molecular formula is C51H36N4Si. The van der Waals surface area contributed by atoms with Crippen molar-refractivity contribution in [2.24, 2.45) is 0 Å². The molecule has 0 fully saturated rings. The fraction of sp³-hybridized carbons (Fsp3) is 0. The first-order valence-corrected chi connectivity index (χ1v) is 21.0. The van der Waals surface area contributed by atoms with Crippen LogP contribution in [-0.2, 0) is 0 Å². The zero-order valence-corrected chi connectivity index (χ0v) is 31.6. The largest absolute Gasteiger partial charge is 0.309 e. The molecule has 0 amide bonds. The van der Waals surface area contributed by atoms with Gasteiger partial charge < -0.3 is 4.57 Å². The second-order valence-electron chi connectivity index (χ2n) is 14.0. The van der Waals surface area contributed by atoms with Crippen LogP contribution in [-0.4, -0.2) is 27.6 Å². The van der Waals surface area contributed by atoms with E-state index in [4.69, 9.17) is 15.0 Å². The molecule has 5 heteroatoms. The van der Waals surface area contributed by atoms with E-state index in [2.05, 4.69) is 162 Å². The first-order valence-electron chi connectivity index (χ1n) is 19.0. The maximum Gasteiger partial charge on any atom is 0.179 e. The van der Waals surface area contributed by atoms with E-state index >= 15 is 0 Å². The molecule has 0 unspecified atom stereocenters. The van der Waals surface area contributed by atoms with Gasteiger partial charge in [-0.05, 0) is 45.0 Å². The molecule has 0 N–H and O–H groups in total. The number of rotatable bonds is 8. The Hall–Kier alpha value is -7.21. The first kappa shape index (κ1) is 33.4. The second-order valence-corrected chi connectivity index (χ2v) is 17.8. The third-order valence-corrected chi connectivity index (χ3v) is 15.6. The van der Waals surface area contributed by atoms with Crippen LogP contribution in [0.2, 0.25) is 0 Å². The molecule has 264 valence electrons. The highest BCUT2D eigenvalue weighted by molar-refractivity contribution is 7.20. The summed E-state index contributed by atoms with van der Waals surface area (Å²) in [5.41, 5.74) is 6.39. The Morgan fingerprint density at radius 3 is 1.23 bits per heavy atom. The Kier molecular flexibility index (Phi) is 8.47. The predicted octanol–water partition coefficient (Wildman–Crippen LogP) is 9.35. The lowest BCUT2D eigenvalue weighted by molar-refractivity contribution is 1.07. The minimum absolute atomic E-state index is 0.645. The standard InChI is InChI=1S/C51H36N4Si/c1-6-18-37(19-7-1)49-52-50(38-20-8-2-9-21-38)54-51(53-49)39-30-32-43(33-31-39)56(41-24-12-4-13-25-41,42-26-14-5-15-27-42)44-34-35-48-46(36-44)45-28-16-17-29-47(45)55(48)40-22-10-3-11-23-40/h1-36H. The Labute approximate surface area is 327 Å². The summed E-state index contributed by atoms with van der Waals surface area (Å²) in [5.74, 6) is 1.95. The van der Waals surface area contributed by atoms with Crippen LogP contribution in [0.25, 0.3) is 61.7 Å². The monoisotopic (exact) mass is 732 g/mol. The van der Waals surface area contributed by atoms with Crippen LogP contribution >= 0.6 is 0 Å². The van der Waals surface area contributed by atoms with Crippen LogP contribution in [0.1, 0.15) is 0 Å². The SMILES string of the molecule is c1ccc(-c2nc(-c3ccccc3)nc(-c3ccc([Si](c4ccccc4)(c4ccccc4)c4ccc5c(c4)c4ccccc4n5-c4ccccc4)cc3)n2)cc1.